The number of hydrogen-bond acceptors (Lipinski definition) is 5. The fourth-order valence-corrected chi connectivity index (χ4v) is 5.86. The van der Waals surface area contributed by atoms with E-state index in [1.54, 1.807) is 10.4 Å². The van der Waals surface area contributed by atoms with Crippen molar-refractivity contribution < 1.29 is 8.42 Å². The summed E-state index contributed by atoms with van der Waals surface area (Å²) in [4.78, 5) is 0. The summed E-state index contributed by atoms with van der Waals surface area (Å²) in [5.41, 5.74) is 6.38. The van der Waals surface area contributed by atoms with Gasteiger partial charge in [-0.3, -0.25) is 0 Å². The van der Waals surface area contributed by atoms with Gasteiger partial charge in [-0.15, -0.1) is 11.3 Å². The predicted molar refractivity (Wildman–Crippen MR) is 72.9 cm³/mol. The van der Waals surface area contributed by atoms with Crippen molar-refractivity contribution in [3.05, 3.63) is 17.0 Å². The highest BCUT2D eigenvalue weighted by Gasteiger charge is 2.29. The normalized spacial score (nSPS) is 22.8. The van der Waals surface area contributed by atoms with Crippen molar-refractivity contribution in [1.82, 2.24) is 4.31 Å². The van der Waals surface area contributed by atoms with E-state index in [-0.39, 0.29) is 0 Å². The van der Waals surface area contributed by atoms with Crippen molar-refractivity contribution in [2.75, 3.05) is 18.8 Å². The van der Waals surface area contributed by atoms with Crippen molar-refractivity contribution in [2.24, 2.45) is 5.73 Å². The highest BCUT2D eigenvalue weighted by Crippen LogP contribution is 2.27. The van der Waals surface area contributed by atoms with Crippen molar-refractivity contribution >= 4 is 33.1 Å². The lowest BCUT2D eigenvalue weighted by Gasteiger charge is -2.29. The Morgan fingerprint density at radius 2 is 2.35 bits per heavy atom. The summed E-state index contributed by atoms with van der Waals surface area (Å²) in [6.45, 7) is 3.65. The Morgan fingerprint density at radius 3 is 2.94 bits per heavy atom. The lowest BCUT2D eigenvalue weighted by atomic mass is 10.4. The van der Waals surface area contributed by atoms with Crippen LogP contribution in [0.5, 0.6) is 0 Å². The molecule has 0 bridgehead atoms. The first-order chi connectivity index (χ1) is 8.04. The molecule has 1 aromatic rings. The topological polar surface area (TPSA) is 63.4 Å². The molecule has 1 fully saturated rings. The second-order valence-corrected chi connectivity index (χ2v) is 8.64. The van der Waals surface area contributed by atoms with Crippen LogP contribution in [0, 0.1) is 0 Å². The van der Waals surface area contributed by atoms with Crippen LogP contribution in [0.15, 0.2) is 15.7 Å². The Morgan fingerprint density at radius 1 is 1.59 bits per heavy atom. The largest absolute Gasteiger partial charge is 0.326 e. The third kappa shape index (κ3) is 2.85. The maximum atomic E-state index is 12.3. The summed E-state index contributed by atoms with van der Waals surface area (Å²) in [5.74, 6) is 0.871. The minimum absolute atomic E-state index is 0.368. The van der Waals surface area contributed by atoms with Gasteiger partial charge in [0.1, 0.15) is 4.21 Å². The smallest absolute Gasteiger partial charge is 0.252 e. The molecular weight excluding hydrogens is 276 g/mol. The summed E-state index contributed by atoms with van der Waals surface area (Å²) >= 11 is 3.08. The first kappa shape index (κ1) is 13.4. The van der Waals surface area contributed by atoms with Gasteiger partial charge < -0.3 is 5.73 Å². The van der Waals surface area contributed by atoms with E-state index in [0.29, 0.717) is 29.1 Å². The number of sulfonamides is 1. The van der Waals surface area contributed by atoms with Crippen LogP contribution in [0.1, 0.15) is 12.5 Å². The van der Waals surface area contributed by atoms with Gasteiger partial charge in [-0.2, -0.15) is 16.1 Å². The van der Waals surface area contributed by atoms with E-state index in [1.807, 2.05) is 17.1 Å². The van der Waals surface area contributed by atoms with Gasteiger partial charge in [0.25, 0.3) is 10.0 Å². The zero-order chi connectivity index (χ0) is 12.5. The quantitative estimate of drug-likeness (QED) is 0.913. The van der Waals surface area contributed by atoms with Crippen LogP contribution in [0.3, 0.4) is 0 Å². The monoisotopic (exact) mass is 292 g/mol. The van der Waals surface area contributed by atoms with Crippen molar-refractivity contribution in [1.29, 1.82) is 0 Å². The van der Waals surface area contributed by atoms with Crippen LogP contribution in [0.2, 0.25) is 0 Å². The minimum Gasteiger partial charge on any atom is -0.326 e. The molecular formula is C10H16N2O2S3. The summed E-state index contributed by atoms with van der Waals surface area (Å²) in [5, 5.41) is 2.18. The molecule has 1 atom stereocenters. The molecule has 1 aliphatic rings. The van der Waals surface area contributed by atoms with Crippen LogP contribution >= 0.6 is 23.1 Å². The number of thiophene rings is 1. The molecule has 2 heterocycles. The second kappa shape index (κ2) is 5.27. The lowest BCUT2D eigenvalue weighted by Crippen LogP contribution is -2.40. The molecule has 2 rings (SSSR count). The highest BCUT2D eigenvalue weighted by atomic mass is 32.2. The Bertz CT molecular complexity index is 483. The average Bonchev–Trinajstić information content (AvgIpc) is 2.78. The molecule has 1 saturated heterocycles. The Kier molecular flexibility index (Phi) is 4.14. The fourth-order valence-electron chi connectivity index (χ4n) is 1.73. The molecule has 0 aliphatic carbocycles. The van der Waals surface area contributed by atoms with Gasteiger partial charge in [0.2, 0.25) is 0 Å². The van der Waals surface area contributed by atoms with Gasteiger partial charge in [0.05, 0.1) is 0 Å². The number of hydrogen-bond donors (Lipinski definition) is 1. The van der Waals surface area contributed by atoms with E-state index in [0.717, 1.165) is 11.3 Å². The van der Waals surface area contributed by atoms with Gasteiger partial charge in [0.15, 0.2) is 0 Å². The second-order valence-electron chi connectivity index (χ2n) is 4.02. The Balaban J connectivity index is 2.23. The van der Waals surface area contributed by atoms with E-state index >= 15 is 0 Å². The molecule has 96 valence electrons. The molecule has 0 radical (unpaired) electrons. The molecule has 1 unspecified atom stereocenters. The van der Waals surface area contributed by atoms with Gasteiger partial charge >= 0.3 is 0 Å². The fraction of sp³-hybridized carbons (Fsp3) is 0.600. The van der Waals surface area contributed by atoms with Crippen LogP contribution in [0.25, 0.3) is 0 Å². The molecule has 4 nitrogen and oxygen atoms in total. The summed E-state index contributed by atoms with van der Waals surface area (Å²) in [7, 11) is -3.30. The van der Waals surface area contributed by atoms with Crippen LogP contribution in [-0.4, -0.2) is 36.8 Å². The van der Waals surface area contributed by atoms with Gasteiger partial charge in [0, 0.05) is 30.6 Å². The van der Waals surface area contributed by atoms with Crippen LogP contribution in [-0.2, 0) is 16.6 Å². The Labute approximate surface area is 110 Å². The van der Waals surface area contributed by atoms with Crippen molar-refractivity contribution in [2.45, 2.75) is 22.9 Å². The number of nitrogens with two attached hydrogens (primary N) is 1. The molecule has 17 heavy (non-hydrogen) atoms. The lowest BCUT2D eigenvalue weighted by molar-refractivity contribution is 0.425. The average molecular weight is 292 g/mol. The zero-order valence-corrected chi connectivity index (χ0v) is 12.1. The van der Waals surface area contributed by atoms with E-state index in [1.165, 1.54) is 11.3 Å². The SMILES string of the molecule is CC1CN(S(=O)(=O)c2cc(CN)cs2)CCS1. The molecule has 1 aromatic heterocycles. The molecule has 0 amide bonds. The predicted octanol–water partition coefficient (Wildman–Crippen LogP) is 1.33. The molecule has 2 N–H and O–H groups in total. The highest BCUT2D eigenvalue weighted by molar-refractivity contribution is 8.00. The standard InChI is InChI=1S/C10H16N2O2S3/c1-8-6-12(2-3-15-8)17(13,14)10-4-9(5-11)7-16-10/h4,7-8H,2-3,5-6,11H2,1H3. The summed E-state index contributed by atoms with van der Waals surface area (Å²) in [6, 6.07) is 1.69. The first-order valence-electron chi connectivity index (χ1n) is 5.43. The zero-order valence-electron chi connectivity index (χ0n) is 9.63. The van der Waals surface area contributed by atoms with E-state index < -0.39 is 10.0 Å². The minimum atomic E-state index is -3.30. The van der Waals surface area contributed by atoms with E-state index in [4.69, 9.17) is 5.73 Å². The van der Waals surface area contributed by atoms with Crippen molar-refractivity contribution in [3.63, 3.8) is 0 Å². The maximum absolute atomic E-state index is 12.3. The van der Waals surface area contributed by atoms with Gasteiger partial charge in [-0.1, -0.05) is 6.92 Å². The number of nitrogens with zero attached hydrogens (tertiary/aromatic N) is 1. The van der Waals surface area contributed by atoms with Crippen LogP contribution < -0.4 is 5.73 Å². The molecule has 0 saturated carbocycles. The summed E-state index contributed by atoms with van der Waals surface area (Å²) < 4.78 is 26.7. The maximum Gasteiger partial charge on any atom is 0.252 e. The molecule has 1 aliphatic heterocycles. The third-order valence-electron chi connectivity index (χ3n) is 2.66. The number of rotatable bonds is 3. The van der Waals surface area contributed by atoms with E-state index in [2.05, 4.69) is 6.92 Å². The molecule has 0 spiro atoms. The Hall–Kier alpha value is -0.0800. The van der Waals surface area contributed by atoms with Crippen molar-refractivity contribution in [3.8, 4) is 0 Å². The van der Waals surface area contributed by atoms with E-state index in [9.17, 15) is 8.42 Å². The summed E-state index contributed by atoms with van der Waals surface area (Å²) in [6.07, 6.45) is 0. The molecule has 7 heteroatoms. The van der Waals surface area contributed by atoms with Gasteiger partial charge in [-0.25, -0.2) is 8.42 Å². The third-order valence-corrected chi connectivity index (χ3v) is 7.13. The molecule has 0 aromatic carbocycles. The first-order valence-corrected chi connectivity index (χ1v) is 8.80. The van der Waals surface area contributed by atoms with Crippen LogP contribution in [0.4, 0.5) is 0 Å². The number of thioether (sulfide) groups is 1. The van der Waals surface area contributed by atoms with Gasteiger partial charge in [-0.05, 0) is 17.0 Å².